The Morgan fingerprint density at radius 1 is 1.09 bits per heavy atom. The van der Waals surface area contributed by atoms with Crippen molar-refractivity contribution >= 4 is 21.4 Å². The van der Waals surface area contributed by atoms with Crippen molar-refractivity contribution in [3.8, 4) is 11.3 Å². The van der Waals surface area contributed by atoms with Crippen LogP contribution in [0.4, 0.5) is 10.1 Å². The summed E-state index contributed by atoms with van der Waals surface area (Å²) in [5.41, 5.74) is 1.13. The van der Waals surface area contributed by atoms with E-state index in [1.807, 2.05) is 19.9 Å². The molecule has 2 atom stereocenters. The number of carbonyl (C=O) groups is 1. The maximum Gasteiger partial charge on any atom is 0.237 e. The topological polar surface area (TPSA) is 89.0 Å². The molecule has 2 aliphatic rings. The van der Waals surface area contributed by atoms with Crippen LogP contribution in [0.1, 0.15) is 43.9 Å². The van der Waals surface area contributed by atoms with Crippen molar-refractivity contribution in [3.63, 3.8) is 0 Å². The van der Waals surface area contributed by atoms with Crippen molar-refractivity contribution in [2.24, 2.45) is 5.41 Å². The van der Waals surface area contributed by atoms with Gasteiger partial charge in [-0.05, 0) is 60.1 Å². The summed E-state index contributed by atoms with van der Waals surface area (Å²) < 4.78 is 38.8. The van der Waals surface area contributed by atoms with Gasteiger partial charge in [0.15, 0.2) is 9.84 Å². The first-order valence-corrected chi connectivity index (χ1v) is 12.7. The van der Waals surface area contributed by atoms with Gasteiger partial charge in [0.1, 0.15) is 5.82 Å². The fraction of sp³-hybridized carbons (Fsp3) is 0.320. The molecule has 1 fully saturated rings. The molecule has 6 nitrogen and oxygen atoms in total. The molecule has 2 aliphatic carbocycles. The van der Waals surface area contributed by atoms with Crippen LogP contribution < -0.4 is 5.32 Å². The molecular weight excluding hydrogens is 441 g/mol. The highest BCUT2D eigenvalue weighted by Crippen LogP contribution is 2.67. The van der Waals surface area contributed by atoms with Crippen molar-refractivity contribution in [1.82, 2.24) is 10.2 Å². The molecule has 8 heteroatoms. The minimum atomic E-state index is -3.53. The fourth-order valence-electron chi connectivity index (χ4n) is 5.75. The highest BCUT2D eigenvalue weighted by Gasteiger charge is 2.67. The number of anilines is 1. The number of benzene rings is 2. The lowest BCUT2D eigenvalue weighted by Crippen LogP contribution is -2.47. The maximum atomic E-state index is 14.4. The smallest absolute Gasteiger partial charge is 0.237 e. The minimum absolute atomic E-state index is 0.0597. The summed E-state index contributed by atoms with van der Waals surface area (Å²) >= 11 is 0. The zero-order chi connectivity index (χ0) is 23.6. The van der Waals surface area contributed by atoms with Gasteiger partial charge in [-0.1, -0.05) is 38.1 Å². The summed E-state index contributed by atoms with van der Waals surface area (Å²) in [7, 11) is -3.53. The second-order valence-electron chi connectivity index (χ2n) is 9.45. The van der Waals surface area contributed by atoms with Gasteiger partial charge in [0.25, 0.3) is 0 Å². The van der Waals surface area contributed by atoms with E-state index in [1.165, 1.54) is 12.1 Å². The molecule has 1 amide bonds. The zero-order valence-electron chi connectivity index (χ0n) is 18.6. The van der Waals surface area contributed by atoms with Crippen molar-refractivity contribution in [1.29, 1.82) is 0 Å². The number of hydrogen-bond acceptors (Lipinski definition) is 5. The number of nitrogens with one attached hydrogen (secondary N) is 1. The molecule has 3 aromatic rings. The number of carbonyl (C=O) groups excluding carboxylic acids is 1. The molecular formula is C25H24FN3O3S. The van der Waals surface area contributed by atoms with Gasteiger partial charge in [-0.2, -0.15) is 10.2 Å². The van der Waals surface area contributed by atoms with Crippen LogP contribution >= 0.6 is 0 Å². The Balaban J connectivity index is 1.60. The van der Waals surface area contributed by atoms with Gasteiger partial charge in [-0.25, -0.2) is 12.8 Å². The first-order chi connectivity index (χ1) is 15.6. The van der Waals surface area contributed by atoms with E-state index in [9.17, 15) is 17.6 Å². The Labute approximate surface area is 192 Å². The third-order valence-corrected chi connectivity index (χ3v) is 8.61. The third kappa shape index (κ3) is 3.04. The molecule has 1 unspecified atom stereocenters. The first kappa shape index (κ1) is 21.7. The zero-order valence-corrected chi connectivity index (χ0v) is 19.4. The molecule has 0 spiro atoms. The molecule has 0 radical (unpaired) electrons. The van der Waals surface area contributed by atoms with Gasteiger partial charge in [0.2, 0.25) is 5.91 Å². The van der Waals surface area contributed by atoms with E-state index in [0.29, 0.717) is 23.4 Å². The summed E-state index contributed by atoms with van der Waals surface area (Å²) in [6.07, 6.45) is 2.48. The number of fused-ring (bicyclic) bond motifs is 5. The molecule has 1 aromatic heterocycles. The highest BCUT2D eigenvalue weighted by atomic mass is 32.2. The molecule has 1 N–H and O–H groups in total. The monoisotopic (exact) mass is 465 g/mol. The summed E-state index contributed by atoms with van der Waals surface area (Å²) in [6, 6.07) is 14.7. The van der Waals surface area contributed by atoms with E-state index in [4.69, 9.17) is 0 Å². The Bertz CT molecular complexity index is 1400. The van der Waals surface area contributed by atoms with E-state index >= 15 is 0 Å². The van der Waals surface area contributed by atoms with Crippen LogP contribution in [0.2, 0.25) is 0 Å². The maximum absolute atomic E-state index is 14.4. The van der Waals surface area contributed by atoms with Gasteiger partial charge in [0, 0.05) is 11.8 Å². The van der Waals surface area contributed by atoms with E-state index in [2.05, 4.69) is 15.5 Å². The number of aromatic nitrogens is 2. The van der Waals surface area contributed by atoms with Gasteiger partial charge >= 0.3 is 0 Å². The van der Waals surface area contributed by atoms with Crippen LogP contribution in [0.15, 0.2) is 59.5 Å². The molecule has 33 heavy (non-hydrogen) atoms. The lowest BCUT2D eigenvalue weighted by atomic mass is 9.67. The Morgan fingerprint density at radius 3 is 2.52 bits per heavy atom. The highest BCUT2D eigenvalue weighted by molar-refractivity contribution is 7.90. The standard InChI is InChI=1S/C25H24FN3O3S/c1-24(2)17-12-13-25(24,23(30)27-19-10-6-7-11-21(19)33(3,31)32)22-16(17)14-20(28-29-22)15-8-4-5-9-18(15)26/h4-11,14,17H,12-13H2,1-3H3,(H,27,30)/t17-,25?/m1/s1. The van der Waals surface area contributed by atoms with Gasteiger partial charge in [-0.3, -0.25) is 4.79 Å². The predicted molar refractivity (Wildman–Crippen MR) is 123 cm³/mol. The van der Waals surface area contributed by atoms with Gasteiger partial charge < -0.3 is 5.32 Å². The summed E-state index contributed by atoms with van der Waals surface area (Å²) in [4.78, 5) is 13.9. The quantitative estimate of drug-likeness (QED) is 0.614. The van der Waals surface area contributed by atoms with Crippen LogP contribution in [0.3, 0.4) is 0 Å². The van der Waals surface area contributed by atoms with Gasteiger partial charge in [0.05, 0.1) is 27.4 Å². The lowest BCUT2D eigenvalue weighted by Gasteiger charge is -2.36. The Kier molecular flexibility index (Phi) is 4.72. The second kappa shape index (κ2) is 7.18. The normalized spacial score (nSPS) is 22.7. The van der Waals surface area contributed by atoms with E-state index in [1.54, 1.807) is 36.4 Å². The Hall–Kier alpha value is -3.13. The molecule has 2 bridgehead atoms. The van der Waals surface area contributed by atoms with E-state index < -0.39 is 20.7 Å². The van der Waals surface area contributed by atoms with Crippen LogP contribution in [0, 0.1) is 11.2 Å². The summed E-state index contributed by atoms with van der Waals surface area (Å²) in [5, 5.41) is 11.6. The molecule has 0 aliphatic heterocycles. The summed E-state index contributed by atoms with van der Waals surface area (Å²) in [5.74, 6) is -0.610. The molecule has 1 heterocycles. The van der Waals surface area contributed by atoms with Crippen LogP contribution in [-0.2, 0) is 20.0 Å². The number of hydrogen-bond donors (Lipinski definition) is 1. The average molecular weight is 466 g/mol. The number of amides is 1. The average Bonchev–Trinajstić information content (AvgIpc) is 3.15. The number of rotatable bonds is 4. The second-order valence-corrected chi connectivity index (χ2v) is 11.4. The number of para-hydroxylation sites is 1. The van der Waals surface area contributed by atoms with E-state index in [-0.39, 0.29) is 28.2 Å². The largest absolute Gasteiger partial charge is 0.324 e. The molecule has 2 aromatic carbocycles. The molecule has 5 rings (SSSR count). The van der Waals surface area contributed by atoms with Crippen LogP contribution in [-0.4, -0.2) is 30.8 Å². The first-order valence-electron chi connectivity index (χ1n) is 10.8. The fourth-order valence-corrected chi connectivity index (χ4v) is 6.59. The number of sulfone groups is 1. The van der Waals surface area contributed by atoms with E-state index in [0.717, 1.165) is 18.2 Å². The summed E-state index contributed by atoms with van der Waals surface area (Å²) in [6.45, 7) is 4.08. The predicted octanol–water partition coefficient (Wildman–Crippen LogP) is 4.48. The molecule has 1 saturated carbocycles. The van der Waals surface area contributed by atoms with Crippen molar-refractivity contribution in [3.05, 3.63) is 71.7 Å². The van der Waals surface area contributed by atoms with Crippen molar-refractivity contribution in [2.75, 3.05) is 11.6 Å². The van der Waals surface area contributed by atoms with Gasteiger partial charge in [-0.15, -0.1) is 0 Å². The van der Waals surface area contributed by atoms with Crippen molar-refractivity contribution in [2.45, 2.75) is 42.9 Å². The van der Waals surface area contributed by atoms with Crippen LogP contribution in [0.25, 0.3) is 11.3 Å². The molecule has 0 saturated heterocycles. The van der Waals surface area contributed by atoms with Crippen LogP contribution in [0.5, 0.6) is 0 Å². The van der Waals surface area contributed by atoms with Crippen molar-refractivity contribution < 1.29 is 17.6 Å². The number of nitrogens with zero attached hydrogens (tertiary/aromatic N) is 2. The minimum Gasteiger partial charge on any atom is -0.324 e. The Morgan fingerprint density at radius 2 is 1.79 bits per heavy atom. The number of halogens is 1. The molecule has 170 valence electrons. The lowest BCUT2D eigenvalue weighted by molar-refractivity contribution is -0.124. The third-order valence-electron chi connectivity index (χ3n) is 7.45. The SMILES string of the molecule is CC1(C)[C@@H]2CCC1(C(=O)Nc1ccccc1S(C)(=O)=O)c1nnc(-c3ccccc3F)cc12.